The Labute approximate surface area is 103 Å². The summed E-state index contributed by atoms with van der Waals surface area (Å²) in [7, 11) is 0. The van der Waals surface area contributed by atoms with Gasteiger partial charge in [-0.1, -0.05) is 40.5 Å². The lowest BCUT2D eigenvalue weighted by Gasteiger charge is -2.09. The Balaban J connectivity index is 2.77. The monoisotopic (exact) mass is 289 g/mol. The summed E-state index contributed by atoms with van der Waals surface area (Å²) in [5, 5.41) is 3.40. The van der Waals surface area contributed by atoms with Crippen LogP contribution in [0.3, 0.4) is 0 Å². The van der Waals surface area contributed by atoms with E-state index in [-0.39, 0.29) is 10.7 Å². The summed E-state index contributed by atoms with van der Waals surface area (Å²) in [5.74, 6) is -0.0821. The molecule has 0 aliphatic heterocycles. The van der Waals surface area contributed by atoms with Crippen LogP contribution in [0.4, 0.5) is 0 Å². The molecule has 82 valence electrons. The van der Waals surface area contributed by atoms with Crippen molar-refractivity contribution in [2.45, 2.75) is 18.7 Å². The Bertz CT molecular complexity index is 366. The van der Waals surface area contributed by atoms with Crippen molar-refractivity contribution in [1.29, 1.82) is 0 Å². The molecule has 2 nitrogen and oxygen atoms in total. The van der Waals surface area contributed by atoms with Gasteiger partial charge in [0.1, 0.15) is 0 Å². The number of alkyl halides is 1. The van der Waals surface area contributed by atoms with Gasteiger partial charge in [-0.2, -0.15) is 0 Å². The molecule has 0 heterocycles. The number of aryl methyl sites for hydroxylation is 1. The highest BCUT2D eigenvalue weighted by molar-refractivity contribution is 9.09. The van der Waals surface area contributed by atoms with Crippen molar-refractivity contribution in [3.8, 4) is 0 Å². The predicted octanol–water partition coefficient (Wildman–Crippen LogP) is 3.16. The fraction of sp³-hybridized carbons (Fsp3) is 0.364. The lowest BCUT2D eigenvalue weighted by atomic mass is 10.1. The SMILES string of the molecule is Cc1ccc(Cl)cc1C(=O)NCC(C)Br. The summed E-state index contributed by atoms with van der Waals surface area (Å²) in [6, 6.07) is 5.31. The second-order valence-electron chi connectivity index (χ2n) is 3.45. The van der Waals surface area contributed by atoms with Gasteiger partial charge in [-0.15, -0.1) is 0 Å². The van der Waals surface area contributed by atoms with Crippen LogP contribution >= 0.6 is 27.5 Å². The highest BCUT2D eigenvalue weighted by Gasteiger charge is 2.09. The quantitative estimate of drug-likeness (QED) is 0.851. The number of benzene rings is 1. The first kappa shape index (κ1) is 12.5. The first-order valence-corrected chi connectivity index (χ1v) is 5.98. The van der Waals surface area contributed by atoms with Crippen molar-refractivity contribution < 1.29 is 4.79 Å². The van der Waals surface area contributed by atoms with Crippen molar-refractivity contribution in [1.82, 2.24) is 5.32 Å². The molecular weight excluding hydrogens is 277 g/mol. The molecule has 0 saturated heterocycles. The number of hydrogen-bond acceptors (Lipinski definition) is 1. The second kappa shape index (κ2) is 5.52. The minimum Gasteiger partial charge on any atom is -0.351 e. The third-order valence-electron chi connectivity index (χ3n) is 1.99. The molecule has 4 heteroatoms. The molecule has 15 heavy (non-hydrogen) atoms. The van der Waals surface area contributed by atoms with Crippen molar-refractivity contribution in [3.05, 3.63) is 34.3 Å². The molecular formula is C11H13BrClNO. The van der Waals surface area contributed by atoms with Gasteiger partial charge in [-0.25, -0.2) is 0 Å². The van der Waals surface area contributed by atoms with Gasteiger partial charge in [0.2, 0.25) is 0 Å². The van der Waals surface area contributed by atoms with E-state index in [4.69, 9.17) is 11.6 Å². The molecule has 1 aromatic carbocycles. The topological polar surface area (TPSA) is 29.1 Å². The second-order valence-corrected chi connectivity index (χ2v) is 5.45. The fourth-order valence-corrected chi connectivity index (χ4v) is 1.50. The van der Waals surface area contributed by atoms with Crippen molar-refractivity contribution in [3.63, 3.8) is 0 Å². The molecule has 0 aliphatic rings. The molecule has 0 fully saturated rings. The molecule has 1 atom stereocenters. The molecule has 0 saturated carbocycles. The van der Waals surface area contributed by atoms with Gasteiger partial charge in [0.15, 0.2) is 0 Å². The molecule has 1 unspecified atom stereocenters. The molecule has 1 amide bonds. The summed E-state index contributed by atoms with van der Waals surface area (Å²) < 4.78 is 0. The first-order valence-electron chi connectivity index (χ1n) is 4.69. The maximum absolute atomic E-state index is 11.7. The Morgan fingerprint density at radius 3 is 2.87 bits per heavy atom. The number of rotatable bonds is 3. The Morgan fingerprint density at radius 1 is 1.60 bits per heavy atom. The maximum atomic E-state index is 11.7. The zero-order chi connectivity index (χ0) is 11.4. The van der Waals surface area contributed by atoms with Gasteiger partial charge in [-0.3, -0.25) is 4.79 Å². The zero-order valence-electron chi connectivity index (χ0n) is 8.68. The first-order chi connectivity index (χ1) is 7.00. The summed E-state index contributed by atoms with van der Waals surface area (Å²) in [6.07, 6.45) is 0. The molecule has 1 N–H and O–H groups in total. The van der Waals surface area contributed by atoms with E-state index in [1.807, 2.05) is 19.9 Å². The standard InChI is InChI=1S/C11H13BrClNO/c1-7-3-4-9(13)5-10(7)11(15)14-6-8(2)12/h3-5,8H,6H2,1-2H3,(H,14,15). The van der Waals surface area contributed by atoms with Crippen LogP contribution in [0.25, 0.3) is 0 Å². The largest absolute Gasteiger partial charge is 0.351 e. The number of carbonyl (C=O) groups is 1. The van der Waals surface area contributed by atoms with E-state index in [0.29, 0.717) is 17.1 Å². The van der Waals surface area contributed by atoms with Gasteiger partial charge >= 0.3 is 0 Å². The third-order valence-corrected chi connectivity index (χ3v) is 2.55. The van der Waals surface area contributed by atoms with Crippen LogP contribution in [-0.4, -0.2) is 17.3 Å². The molecule has 0 bridgehead atoms. The zero-order valence-corrected chi connectivity index (χ0v) is 11.0. The minimum atomic E-state index is -0.0821. The normalized spacial score (nSPS) is 12.3. The van der Waals surface area contributed by atoms with Crippen molar-refractivity contribution in [2.24, 2.45) is 0 Å². The number of amides is 1. The predicted molar refractivity (Wildman–Crippen MR) is 66.9 cm³/mol. The molecule has 1 rings (SSSR count). The molecule has 1 aromatic rings. The number of halogens is 2. The number of carbonyl (C=O) groups excluding carboxylic acids is 1. The molecule has 0 aliphatic carbocycles. The van der Waals surface area contributed by atoms with E-state index in [1.165, 1.54) is 0 Å². The van der Waals surface area contributed by atoms with Gasteiger partial charge < -0.3 is 5.32 Å². The van der Waals surface area contributed by atoms with E-state index in [2.05, 4.69) is 21.2 Å². The van der Waals surface area contributed by atoms with Gasteiger partial charge in [0, 0.05) is 22.0 Å². The average Bonchev–Trinajstić information content (AvgIpc) is 2.18. The highest BCUT2D eigenvalue weighted by atomic mass is 79.9. The number of hydrogen-bond donors (Lipinski definition) is 1. The van der Waals surface area contributed by atoms with Crippen LogP contribution in [0.5, 0.6) is 0 Å². The van der Waals surface area contributed by atoms with Crippen LogP contribution in [0.2, 0.25) is 5.02 Å². The molecule has 0 radical (unpaired) electrons. The van der Waals surface area contributed by atoms with E-state index in [0.717, 1.165) is 5.56 Å². The summed E-state index contributed by atoms with van der Waals surface area (Å²) in [6.45, 7) is 4.47. The van der Waals surface area contributed by atoms with Gasteiger partial charge in [-0.05, 0) is 24.6 Å². The highest BCUT2D eigenvalue weighted by Crippen LogP contribution is 2.15. The van der Waals surface area contributed by atoms with Crippen molar-refractivity contribution in [2.75, 3.05) is 6.54 Å². The third kappa shape index (κ3) is 3.84. The van der Waals surface area contributed by atoms with Crippen LogP contribution in [-0.2, 0) is 0 Å². The summed E-state index contributed by atoms with van der Waals surface area (Å²) in [5.41, 5.74) is 1.56. The van der Waals surface area contributed by atoms with Crippen LogP contribution < -0.4 is 5.32 Å². The van der Waals surface area contributed by atoms with Crippen LogP contribution in [0, 0.1) is 6.92 Å². The van der Waals surface area contributed by atoms with Gasteiger partial charge in [0.25, 0.3) is 5.91 Å². The summed E-state index contributed by atoms with van der Waals surface area (Å²) in [4.78, 5) is 12.0. The number of nitrogens with one attached hydrogen (secondary N) is 1. The Kier molecular flexibility index (Phi) is 4.61. The summed E-state index contributed by atoms with van der Waals surface area (Å²) >= 11 is 9.20. The molecule has 0 spiro atoms. The van der Waals surface area contributed by atoms with E-state index in [9.17, 15) is 4.79 Å². The minimum absolute atomic E-state index is 0.0821. The lowest BCUT2D eigenvalue weighted by molar-refractivity contribution is 0.0953. The lowest BCUT2D eigenvalue weighted by Crippen LogP contribution is -2.28. The van der Waals surface area contributed by atoms with E-state index >= 15 is 0 Å². The maximum Gasteiger partial charge on any atom is 0.251 e. The van der Waals surface area contributed by atoms with E-state index < -0.39 is 0 Å². The molecule has 0 aromatic heterocycles. The van der Waals surface area contributed by atoms with Crippen molar-refractivity contribution >= 4 is 33.4 Å². The smallest absolute Gasteiger partial charge is 0.251 e. The van der Waals surface area contributed by atoms with E-state index in [1.54, 1.807) is 12.1 Å². The van der Waals surface area contributed by atoms with Crippen LogP contribution in [0.15, 0.2) is 18.2 Å². The van der Waals surface area contributed by atoms with Crippen LogP contribution in [0.1, 0.15) is 22.8 Å². The van der Waals surface area contributed by atoms with Gasteiger partial charge in [0.05, 0.1) is 0 Å². The Morgan fingerprint density at radius 2 is 2.27 bits per heavy atom. The average molecular weight is 291 g/mol. The Hall–Kier alpha value is -0.540. The fourth-order valence-electron chi connectivity index (χ4n) is 1.17.